The average molecular weight is 370 g/mol. The van der Waals surface area contributed by atoms with Crippen molar-refractivity contribution in [2.24, 2.45) is 11.8 Å². The Bertz CT molecular complexity index is 758. The molecule has 27 heavy (non-hydrogen) atoms. The van der Waals surface area contributed by atoms with Crippen molar-refractivity contribution in [1.82, 2.24) is 10.3 Å². The SMILES string of the molecule is O=C(NCC(C(=O)O)C1CCOCC1)c1ccc(Oc2cccnc2)cc1. The molecule has 7 heteroatoms. The predicted octanol–water partition coefficient (Wildman–Crippen LogP) is 2.73. The highest BCUT2D eigenvalue weighted by molar-refractivity contribution is 5.94. The molecular weight excluding hydrogens is 348 g/mol. The van der Waals surface area contributed by atoms with Crippen LogP contribution < -0.4 is 10.1 Å². The van der Waals surface area contributed by atoms with E-state index in [-0.39, 0.29) is 18.4 Å². The van der Waals surface area contributed by atoms with Gasteiger partial charge in [-0.1, -0.05) is 0 Å². The lowest BCUT2D eigenvalue weighted by molar-refractivity contribution is -0.144. The maximum Gasteiger partial charge on any atom is 0.308 e. The van der Waals surface area contributed by atoms with E-state index in [2.05, 4.69) is 10.3 Å². The molecule has 1 saturated heterocycles. The van der Waals surface area contributed by atoms with E-state index >= 15 is 0 Å². The summed E-state index contributed by atoms with van der Waals surface area (Å²) < 4.78 is 10.9. The molecule has 3 rings (SSSR count). The fraction of sp³-hybridized carbons (Fsp3) is 0.350. The van der Waals surface area contributed by atoms with Gasteiger partial charge in [0.15, 0.2) is 0 Å². The number of aromatic nitrogens is 1. The third-order valence-corrected chi connectivity index (χ3v) is 4.62. The molecule has 0 radical (unpaired) electrons. The summed E-state index contributed by atoms with van der Waals surface area (Å²) in [7, 11) is 0. The maximum absolute atomic E-state index is 12.3. The zero-order valence-electron chi connectivity index (χ0n) is 14.8. The normalized spacial score (nSPS) is 15.7. The number of hydrogen-bond acceptors (Lipinski definition) is 5. The van der Waals surface area contributed by atoms with E-state index in [0.717, 1.165) is 0 Å². The maximum atomic E-state index is 12.3. The van der Waals surface area contributed by atoms with Gasteiger partial charge < -0.3 is 19.9 Å². The van der Waals surface area contributed by atoms with Gasteiger partial charge >= 0.3 is 5.97 Å². The molecule has 1 unspecified atom stereocenters. The van der Waals surface area contributed by atoms with Crippen LogP contribution in [0.4, 0.5) is 0 Å². The van der Waals surface area contributed by atoms with E-state index in [0.29, 0.717) is 43.1 Å². The van der Waals surface area contributed by atoms with E-state index in [9.17, 15) is 14.7 Å². The van der Waals surface area contributed by atoms with Gasteiger partial charge in [0, 0.05) is 31.5 Å². The Hall–Kier alpha value is -2.93. The van der Waals surface area contributed by atoms with Crippen molar-refractivity contribution in [3.8, 4) is 11.5 Å². The minimum absolute atomic E-state index is 0.0202. The van der Waals surface area contributed by atoms with Crippen molar-refractivity contribution in [3.63, 3.8) is 0 Å². The number of nitrogens with zero attached hydrogens (tertiary/aromatic N) is 1. The van der Waals surface area contributed by atoms with E-state index in [1.807, 2.05) is 0 Å². The van der Waals surface area contributed by atoms with E-state index in [4.69, 9.17) is 9.47 Å². The molecule has 2 aromatic rings. The second-order valence-corrected chi connectivity index (χ2v) is 6.42. The van der Waals surface area contributed by atoms with Crippen LogP contribution >= 0.6 is 0 Å². The van der Waals surface area contributed by atoms with Crippen LogP contribution in [0.5, 0.6) is 11.5 Å². The van der Waals surface area contributed by atoms with E-state index in [1.165, 1.54) is 0 Å². The Morgan fingerprint density at radius 2 is 1.93 bits per heavy atom. The standard InChI is InChI=1S/C20H22N2O5/c23-19(22-13-18(20(24)25)14-7-10-26-11-8-14)15-3-5-16(6-4-15)27-17-2-1-9-21-12-17/h1-6,9,12,14,18H,7-8,10-11,13H2,(H,22,23)(H,24,25). The quantitative estimate of drug-likeness (QED) is 0.778. The fourth-order valence-corrected chi connectivity index (χ4v) is 3.10. The Morgan fingerprint density at radius 3 is 2.56 bits per heavy atom. The highest BCUT2D eigenvalue weighted by atomic mass is 16.5. The first-order valence-electron chi connectivity index (χ1n) is 8.90. The number of amides is 1. The van der Waals surface area contributed by atoms with E-state index in [1.54, 1.807) is 48.8 Å². The number of carboxylic acid groups (broad SMARTS) is 1. The molecule has 0 spiro atoms. The summed E-state index contributed by atoms with van der Waals surface area (Å²) >= 11 is 0. The first kappa shape index (κ1) is 18.8. The summed E-state index contributed by atoms with van der Waals surface area (Å²) in [6.45, 7) is 1.24. The van der Waals surface area contributed by atoms with Gasteiger partial charge in [-0.25, -0.2) is 0 Å². The summed E-state index contributed by atoms with van der Waals surface area (Å²) in [4.78, 5) is 27.9. The number of hydrogen-bond donors (Lipinski definition) is 2. The van der Waals surface area contributed by atoms with Crippen molar-refractivity contribution >= 4 is 11.9 Å². The van der Waals surface area contributed by atoms with Crippen LogP contribution in [0.2, 0.25) is 0 Å². The molecule has 1 aliphatic heterocycles. The lowest BCUT2D eigenvalue weighted by Crippen LogP contribution is -2.38. The number of carboxylic acids is 1. The van der Waals surface area contributed by atoms with Crippen molar-refractivity contribution in [2.45, 2.75) is 12.8 Å². The lowest BCUT2D eigenvalue weighted by Gasteiger charge is -2.27. The van der Waals surface area contributed by atoms with Gasteiger partial charge in [0.1, 0.15) is 11.5 Å². The van der Waals surface area contributed by atoms with Crippen LogP contribution in [-0.4, -0.2) is 41.7 Å². The van der Waals surface area contributed by atoms with Gasteiger partial charge in [-0.3, -0.25) is 14.6 Å². The number of pyridine rings is 1. The van der Waals surface area contributed by atoms with E-state index < -0.39 is 11.9 Å². The predicted molar refractivity (Wildman–Crippen MR) is 97.8 cm³/mol. The van der Waals surface area contributed by atoms with Crippen molar-refractivity contribution in [1.29, 1.82) is 0 Å². The number of benzene rings is 1. The molecular formula is C20H22N2O5. The van der Waals surface area contributed by atoms with Gasteiger partial charge in [-0.2, -0.15) is 0 Å². The molecule has 1 aliphatic rings. The number of carbonyl (C=O) groups excluding carboxylic acids is 1. The van der Waals surface area contributed by atoms with Crippen LogP contribution in [-0.2, 0) is 9.53 Å². The van der Waals surface area contributed by atoms with Gasteiger partial charge in [-0.15, -0.1) is 0 Å². The molecule has 1 aromatic carbocycles. The molecule has 1 amide bonds. The molecule has 1 aromatic heterocycles. The molecule has 1 fully saturated rings. The van der Waals surface area contributed by atoms with Crippen molar-refractivity contribution in [3.05, 3.63) is 54.4 Å². The van der Waals surface area contributed by atoms with Gasteiger partial charge in [-0.05, 0) is 55.2 Å². The Labute approximate surface area is 157 Å². The number of ether oxygens (including phenoxy) is 2. The molecule has 1 atom stereocenters. The van der Waals surface area contributed by atoms with Crippen LogP contribution in [0.15, 0.2) is 48.8 Å². The highest BCUT2D eigenvalue weighted by Gasteiger charge is 2.30. The first-order valence-corrected chi connectivity index (χ1v) is 8.90. The number of carbonyl (C=O) groups is 2. The van der Waals surface area contributed by atoms with Crippen LogP contribution in [0.3, 0.4) is 0 Å². The number of rotatable bonds is 7. The first-order chi connectivity index (χ1) is 13.1. The third-order valence-electron chi connectivity index (χ3n) is 4.62. The Morgan fingerprint density at radius 1 is 1.19 bits per heavy atom. The minimum Gasteiger partial charge on any atom is -0.481 e. The summed E-state index contributed by atoms with van der Waals surface area (Å²) in [6.07, 6.45) is 4.66. The van der Waals surface area contributed by atoms with Gasteiger partial charge in [0.2, 0.25) is 0 Å². The number of aliphatic carboxylic acids is 1. The third kappa shape index (κ3) is 5.27. The summed E-state index contributed by atoms with van der Waals surface area (Å²) in [5.41, 5.74) is 0.449. The molecule has 2 N–H and O–H groups in total. The molecule has 2 heterocycles. The van der Waals surface area contributed by atoms with Crippen molar-refractivity contribution in [2.75, 3.05) is 19.8 Å². The zero-order chi connectivity index (χ0) is 19.1. The summed E-state index contributed by atoms with van der Waals surface area (Å²) in [6, 6.07) is 10.2. The monoisotopic (exact) mass is 370 g/mol. The topological polar surface area (TPSA) is 97.8 Å². The minimum atomic E-state index is -0.887. The Kier molecular flexibility index (Phi) is 6.38. The number of nitrogens with one attached hydrogen (secondary N) is 1. The van der Waals surface area contributed by atoms with Crippen molar-refractivity contribution < 1.29 is 24.2 Å². The van der Waals surface area contributed by atoms with Crippen LogP contribution in [0, 0.1) is 11.8 Å². The van der Waals surface area contributed by atoms with Gasteiger partial charge in [0.25, 0.3) is 5.91 Å². The molecule has 7 nitrogen and oxygen atoms in total. The second kappa shape index (κ2) is 9.14. The molecule has 0 aliphatic carbocycles. The molecule has 142 valence electrons. The molecule has 0 saturated carbocycles. The zero-order valence-corrected chi connectivity index (χ0v) is 14.8. The molecule has 0 bridgehead atoms. The lowest BCUT2D eigenvalue weighted by atomic mass is 9.86. The summed E-state index contributed by atoms with van der Waals surface area (Å²) in [5, 5.41) is 12.2. The summed E-state index contributed by atoms with van der Waals surface area (Å²) in [5.74, 6) is -0.581. The Balaban J connectivity index is 1.56. The van der Waals surface area contributed by atoms with Gasteiger partial charge in [0.05, 0.1) is 12.1 Å². The average Bonchev–Trinajstić information content (AvgIpc) is 2.70. The largest absolute Gasteiger partial charge is 0.481 e. The smallest absolute Gasteiger partial charge is 0.308 e. The van der Waals surface area contributed by atoms with Crippen LogP contribution in [0.1, 0.15) is 23.2 Å². The second-order valence-electron chi connectivity index (χ2n) is 6.42. The highest BCUT2D eigenvalue weighted by Crippen LogP contribution is 2.24. The fourth-order valence-electron chi connectivity index (χ4n) is 3.10. The van der Waals surface area contributed by atoms with Crippen LogP contribution in [0.25, 0.3) is 0 Å².